The van der Waals surface area contributed by atoms with Crippen LogP contribution in [0.5, 0.6) is 0 Å². The fraction of sp³-hybridized carbons (Fsp3) is 0.625. The van der Waals surface area contributed by atoms with Crippen molar-refractivity contribution in [2.45, 2.75) is 52.1 Å². The molecule has 1 N–H and O–H groups in total. The van der Waals surface area contributed by atoms with E-state index < -0.39 is 17.7 Å². The Bertz CT molecular complexity index is 432. The van der Waals surface area contributed by atoms with Crippen molar-refractivity contribution in [2.24, 2.45) is 11.3 Å². The highest BCUT2D eigenvalue weighted by Crippen LogP contribution is 2.39. The van der Waals surface area contributed by atoms with E-state index in [4.69, 9.17) is 0 Å². The minimum Gasteiger partial charge on any atom is -0.392 e. The highest BCUT2D eigenvalue weighted by Gasteiger charge is 2.30. The molecule has 1 fully saturated rings. The van der Waals surface area contributed by atoms with Crippen LogP contribution in [0.3, 0.4) is 0 Å². The van der Waals surface area contributed by atoms with Gasteiger partial charge in [-0.05, 0) is 61.1 Å². The van der Waals surface area contributed by atoms with Crippen molar-refractivity contribution in [3.05, 3.63) is 35.4 Å². The highest BCUT2D eigenvalue weighted by molar-refractivity contribution is 5.18. The summed E-state index contributed by atoms with van der Waals surface area (Å²) in [6, 6.07) is 3.86. The maximum absolute atomic E-state index is 13.1. The van der Waals surface area contributed by atoms with Gasteiger partial charge in [0, 0.05) is 0 Å². The summed E-state index contributed by atoms with van der Waals surface area (Å²) in [6.45, 7) is 4.51. The number of aliphatic hydroxyl groups excluding tert-OH is 1. The summed E-state index contributed by atoms with van der Waals surface area (Å²) in [5.74, 6) is -1.40. The molecule has 1 aliphatic carbocycles. The van der Waals surface area contributed by atoms with E-state index in [1.165, 1.54) is 6.07 Å². The zero-order chi connectivity index (χ0) is 14.0. The normalized spacial score (nSPS) is 21.3. The first-order valence-corrected chi connectivity index (χ1v) is 6.99. The van der Waals surface area contributed by atoms with Gasteiger partial charge in [0.05, 0.1) is 6.10 Å². The maximum atomic E-state index is 13.1. The lowest BCUT2D eigenvalue weighted by Crippen LogP contribution is -2.30. The first kappa shape index (κ1) is 14.4. The fourth-order valence-corrected chi connectivity index (χ4v) is 2.88. The molecule has 106 valence electrons. The summed E-state index contributed by atoms with van der Waals surface area (Å²) in [4.78, 5) is 0. The Hall–Kier alpha value is -0.960. The third kappa shape index (κ3) is 3.75. The summed E-state index contributed by atoms with van der Waals surface area (Å²) in [5.41, 5.74) is 1.04. The first-order chi connectivity index (χ1) is 8.87. The zero-order valence-electron chi connectivity index (χ0n) is 11.6. The average Bonchev–Trinajstić information content (AvgIpc) is 2.33. The lowest BCUT2D eigenvalue weighted by molar-refractivity contribution is 0.0576. The SMILES string of the molecule is CC1(C)CCC(C(O)Cc2ccc(F)c(F)c2)CC1. The monoisotopic (exact) mass is 268 g/mol. The Morgan fingerprint density at radius 3 is 2.42 bits per heavy atom. The Labute approximate surface area is 113 Å². The van der Waals surface area contributed by atoms with E-state index >= 15 is 0 Å². The van der Waals surface area contributed by atoms with E-state index in [2.05, 4.69) is 13.8 Å². The van der Waals surface area contributed by atoms with Gasteiger partial charge >= 0.3 is 0 Å². The van der Waals surface area contributed by atoms with Crippen LogP contribution in [0.2, 0.25) is 0 Å². The van der Waals surface area contributed by atoms with Gasteiger partial charge in [-0.3, -0.25) is 0 Å². The maximum Gasteiger partial charge on any atom is 0.159 e. The molecule has 3 heteroatoms. The molecular formula is C16H22F2O. The van der Waals surface area contributed by atoms with E-state index in [0.717, 1.165) is 31.7 Å². The topological polar surface area (TPSA) is 20.2 Å². The van der Waals surface area contributed by atoms with Crippen molar-refractivity contribution < 1.29 is 13.9 Å². The second-order valence-corrected chi connectivity index (χ2v) is 6.52. The molecule has 1 unspecified atom stereocenters. The third-order valence-electron chi connectivity index (χ3n) is 4.36. The molecule has 2 rings (SSSR count). The minimum atomic E-state index is -0.838. The van der Waals surface area contributed by atoms with Crippen LogP contribution in [0, 0.1) is 23.0 Å². The van der Waals surface area contributed by atoms with Crippen LogP contribution in [-0.2, 0) is 6.42 Å². The van der Waals surface area contributed by atoms with E-state index in [9.17, 15) is 13.9 Å². The van der Waals surface area contributed by atoms with Gasteiger partial charge in [0.25, 0.3) is 0 Å². The molecule has 0 aliphatic heterocycles. The van der Waals surface area contributed by atoms with Crippen LogP contribution in [0.15, 0.2) is 18.2 Å². The predicted octanol–water partition coefficient (Wildman–Crippen LogP) is 4.08. The second-order valence-electron chi connectivity index (χ2n) is 6.52. The molecule has 0 saturated heterocycles. The molecule has 1 atom stereocenters. The van der Waals surface area contributed by atoms with Crippen LogP contribution in [0.1, 0.15) is 45.1 Å². The number of hydrogen-bond acceptors (Lipinski definition) is 1. The summed E-state index contributed by atoms with van der Waals surface area (Å²) >= 11 is 0. The molecule has 0 heterocycles. The van der Waals surface area contributed by atoms with Crippen molar-refractivity contribution in [3.63, 3.8) is 0 Å². The van der Waals surface area contributed by atoms with Gasteiger partial charge in [0.15, 0.2) is 11.6 Å². The van der Waals surface area contributed by atoms with Gasteiger partial charge in [-0.25, -0.2) is 8.78 Å². The van der Waals surface area contributed by atoms with E-state index in [0.29, 0.717) is 17.4 Å². The molecule has 1 aliphatic rings. The predicted molar refractivity (Wildman–Crippen MR) is 71.8 cm³/mol. The largest absolute Gasteiger partial charge is 0.392 e. The van der Waals surface area contributed by atoms with Crippen LogP contribution < -0.4 is 0 Å². The molecule has 19 heavy (non-hydrogen) atoms. The number of aliphatic hydroxyl groups is 1. The Morgan fingerprint density at radius 1 is 1.21 bits per heavy atom. The number of hydrogen-bond donors (Lipinski definition) is 1. The molecule has 0 amide bonds. The lowest BCUT2D eigenvalue weighted by atomic mass is 9.71. The quantitative estimate of drug-likeness (QED) is 0.875. The van der Waals surface area contributed by atoms with Gasteiger partial charge in [0.2, 0.25) is 0 Å². The molecule has 0 radical (unpaired) electrons. The Morgan fingerprint density at radius 2 is 1.84 bits per heavy atom. The summed E-state index contributed by atoms with van der Waals surface area (Å²) < 4.78 is 26.0. The summed E-state index contributed by atoms with van der Waals surface area (Å²) in [5, 5.41) is 10.2. The fourth-order valence-electron chi connectivity index (χ4n) is 2.88. The van der Waals surface area contributed by atoms with Crippen LogP contribution in [0.25, 0.3) is 0 Å². The first-order valence-electron chi connectivity index (χ1n) is 6.99. The summed E-state index contributed by atoms with van der Waals surface area (Å²) in [6.07, 6.45) is 4.21. The molecule has 1 aromatic carbocycles. The molecule has 1 saturated carbocycles. The van der Waals surface area contributed by atoms with E-state index in [1.54, 1.807) is 6.07 Å². The zero-order valence-corrected chi connectivity index (χ0v) is 11.6. The molecule has 0 spiro atoms. The van der Waals surface area contributed by atoms with Crippen LogP contribution >= 0.6 is 0 Å². The lowest BCUT2D eigenvalue weighted by Gasteiger charge is -2.36. The van der Waals surface area contributed by atoms with E-state index in [1.807, 2.05) is 0 Å². The number of benzene rings is 1. The molecular weight excluding hydrogens is 246 g/mol. The van der Waals surface area contributed by atoms with Crippen molar-refractivity contribution in [2.75, 3.05) is 0 Å². The van der Waals surface area contributed by atoms with Crippen LogP contribution in [-0.4, -0.2) is 11.2 Å². The third-order valence-corrected chi connectivity index (χ3v) is 4.36. The van der Waals surface area contributed by atoms with Gasteiger partial charge in [-0.15, -0.1) is 0 Å². The Balaban J connectivity index is 1.94. The molecule has 0 bridgehead atoms. The van der Waals surface area contributed by atoms with E-state index in [-0.39, 0.29) is 5.92 Å². The Kier molecular flexibility index (Phi) is 4.24. The molecule has 0 aromatic heterocycles. The van der Waals surface area contributed by atoms with Gasteiger partial charge < -0.3 is 5.11 Å². The smallest absolute Gasteiger partial charge is 0.159 e. The number of rotatable bonds is 3. The number of halogens is 2. The van der Waals surface area contributed by atoms with Gasteiger partial charge in [-0.2, -0.15) is 0 Å². The summed E-state index contributed by atoms with van der Waals surface area (Å²) in [7, 11) is 0. The van der Waals surface area contributed by atoms with Gasteiger partial charge in [-0.1, -0.05) is 19.9 Å². The van der Waals surface area contributed by atoms with Crippen molar-refractivity contribution in [1.29, 1.82) is 0 Å². The van der Waals surface area contributed by atoms with Crippen molar-refractivity contribution >= 4 is 0 Å². The average molecular weight is 268 g/mol. The second kappa shape index (κ2) is 5.58. The molecule has 1 nitrogen and oxygen atoms in total. The van der Waals surface area contributed by atoms with Crippen LogP contribution in [0.4, 0.5) is 8.78 Å². The minimum absolute atomic E-state index is 0.279. The van der Waals surface area contributed by atoms with Gasteiger partial charge in [0.1, 0.15) is 0 Å². The highest BCUT2D eigenvalue weighted by atomic mass is 19.2. The molecule has 1 aromatic rings. The van der Waals surface area contributed by atoms with Crippen molar-refractivity contribution in [1.82, 2.24) is 0 Å². The van der Waals surface area contributed by atoms with Crippen molar-refractivity contribution in [3.8, 4) is 0 Å². The standard InChI is InChI=1S/C16H22F2O/c1-16(2)7-5-12(6-8-16)15(19)10-11-3-4-13(17)14(18)9-11/h3-4,9,12,15,19H,5-8,10H2,1-2H3.